The van der Waals surface area contributed by atoms with Crippen LogP contribution in [0.3, 0.4) is 0 Å². The first-order valence-electron chi connectivity index (χ1n) is 11.4. The van der Waals surface area contributed by atoms with E-state index in [0.717, 1.165) is 22.4 Å². The zero-order valence-electron chi connectivity index (χ0n) is 20.7. The monoisotopic (exact) mass is 507 g/mol. The van der Waals surface area contributed by atoms with Crippen molar-refractivity contribution in [3.05, 3.63) is 57.6 Å². The van der Waals surface area contributed by atoms with Gasteiger partial charge in [-0.05, 0) is 73.8 Å². The van der Waals surface area contributed by atoms with Crippen LogP contribution in [0.4, 0.5) is 0 Å². The van der Waals surface area contributed by atoms with E-state index in [9.17, 15) is 13.2 Å². The number of carbonyl (C=O) groups excluding carboxylic acids is 1. The van der Waals surface area contributed by atoms with Gasteiger partial charge in [-0.25, -0.2) is 8.42 Å². The summed E-state index contributed by atoms with van der Waals surface area (Å²) in [5.41, 5.74) is 3.30. The van der Waals surface area contributed by atoms with E-state index in [0.29, 0.717) is 26.2 Å². The maximum absolute atomic E-state index is 13.2. The van der Waals surface area contributed by atoms with Crippen LogP contribution in [0.1, 0.15) is 59.8 Å². The Bertz CT molecular complexity index is 1160. The van der Waals surface area contributed by atoms with Crippen LogP contribution >= 0.6 is 11.6 Å². The minimum absolute atomic E-state index is 0.0401. The van der Waals surface area contributed by atoms with Gasteiger partial charge in [-0.15, -0.1) is 0 Å². The first kappa shape index (κ1) is 26.5. The summed E-state index contributed by atoms with van der Waals surface area (Å²) in [5.74, 6) is 0.724. The first-order valence-corrected chi connectivity index (χ1v) is 13.2. The number of ether oxygens (including phenoxy) is 1. The number of nitrogens with one attached hydrogen (secondary N) is 1. The molecule has 2 aromatic rings. The van der Waals surface area contributed by atoms with Crippen molar-refractivity contribution in [2.24, 2.45) is 0 Å². The summed E-state index contributed by atoms with van der Waals surface area (Å²) in [6, 6.07) is 8.15. The molecule has 0 aliphatic carbocycles. The fourth-order valence-electron chi connectivity index (χ4n) is 4.18. The Morgan fingerprint density at radius 1 is 1.06 bits per heavy atom. The Morgan fingerprint density at radius 3 is 2.29 bits per heavy atom. The molecular formula is C25H34ClN3O4S. The van der Waals surface area contributed by atoms with E-state index in [4.69, 9.17) is 16.3 Å². The Hall–Kier alpha value is -2.13. The van der Waals surface area contributed by atoms with Crippen LogP contribution in [0.2, 0.25) is 5.02 Å². The third-order valence-electron chi connectivity index (χ3n) is 6.33. The topological polar surface area (TPSA) is 78.9 Å². The molecule has 9 heteroatoms. The van der Waals surface area contributed by atoms with Crippen LogP contribution in [0.25, 0.3) is 0 Å². The first-order chi connectivity index (χ1) is 15.9. The van der Waals surface area contributed by atoms with Gasteiger partial charge >= 0.3 is 0 Å². The number of hydrogen-bond acceptors (Lipinski definition) is 5. The molecule has 0 aromatic heterocycles. The number of carbonyl (C=O) groups is 1. The van der Waals surface area contributed by atoms with Gasteiger partial charge in [0.25, 0.3) is 5.91 Å². The van der Waals surface area contributed by atoms with Crippen molar-refractivity contribution in [1.82, 2.24) is 14.5 Å². The number of amides is 1. The van der Waals surface area contributed by atoms with E-state index in [1.807, 2.05) is 27.0 Å². The zero-order valence-corrected chi connectivity index (χ0v) is 22.3. The van der Waals surface area contributed by atoms with Gasteiger partial charge in [0.15, 0.2) is 0 Å². The Labute approximate surface area is 208 Å². The quantitative estimate of drug-likeness (QED) is 0.607. The van der Waals surface area contributed by atoms with Gasteiger partial charge in [0.1, 0.15) is 10.6 Å². The van der Waals surface area contributed by atoms with Crippen molar-refractivity contribution in [1.29, 1.82) is 0 Å². The maximum atomic E-state index is 13.2. The molecule has 1 amide bonds. The standard InChI is InChI=1S/C25H34ClN3O4S/c1-16(2)20-15-21(17(3)13-23(20)33-6)18(4)27-25(30)19-7-8-22(26)24(14-19)34(31,32)29-11-9-28(5)10-12-29/h7-8,13-16,18H,9-12H2,1-6H3,(H,27,30)/t18-/m0/s1. The molecule has 0 saturated carbocycles. The molecule has 0 unspecified atom stereocenters. The highest BCUT2D eigenvalue weighted by atomic mass is 35.5. The van der Waals surface area contributed by atoms with Gasteiger partial charge in [-0.3, -0.25) is 4.79 Å². The van der Waals surface area contributed by atoms with E-state index >= 15 is 0 Å². The Morgan fingerprint density at radius 2 is 1.71 bits per heavy atom. The number of benzene rings is 2. The van der Waals surface area contributed by atoms with Crippen molar-refractivity contribution in [3.63, 3.8) is 0 Å². The lowest BCUT2D eigenvalue weighted by Crippen LogP contribution is -2.47. The smallest absolute Gasteiger partial charge is 0.251 e. The van der Waals surface area contributed by atoms with Crippen LogP contribution in [0.5, 0.6) is 5.75 Å². The lowest BCUT2D eigenvalue weighted by molar-refractivity contribution is 0.0939. The van der Waals surface area contributed by atoms with Gasteiger partial charge in [-0.2, -0.15) is 4.31 Å². The minimum atomic E-state index is -3.80. The number of sulfonamides is 1. The minimum Gasteiger partial charge on any atom is -0.496 e. The molecule has 1 N–H and O–H groups in total. The summed E-state index contributed by atoms with van der Waals surface area (Å²) in [7, 11) is -0.193. The maximum Gasteiger partial charge on any atom is 0.251 e. The van der Waals surface area contributed by atoms with E-state index in [1.54, 1.807) is 13.2 Å². The summed E-state index contributed by atoms with van der Waals surface area (Å²) in [4.78, 5) is 15.1. The van der Waals surface area contributed by atoms with Crippen LogP contribution in [-0.4, -0.2) is 63.9 Å². The summed E-state index contributed by atoms with van der Waals surface area (Å²) in [5, 5.41) is 3.11. The van der Waals surface area contributed by atoms with Crippen molar-refractivity contribution >= 4 is 27.5 Å². The second kappa shape index (κ2) is 10.6. The number of nitrogens with zero attached hydrogens (tertiary/aromatic N) is 2. The molecule has 0 bridgehead atoms. The molecule has 1 saturated heterocycles. The lowest BCUT2D eigenvalue weighted by atomic mass is 9.93. The SMILES string of the molecule is COc1cc(C)c([C@H](C)NC(=O)c2ccc(Cl)c(S(=O)(=O)N3CCN(C)CC3)c2)cc1C(C)C. The van der Waals surface area contributed by atoms with E-state index in [-0.39, 0.29) is 33.3 Å². The molecule has 1 atom stereocenters. The number of aryl methyl sites for hydroxylation is 1. The molecule has 7 nitrogen and oxygen atoms in total. The van der Waals surface area contributed by atoms with Gasteiger partial charge in [-0.1, -0.05) is 25.4 Å². The third-order valence-corrected chi connectivity index (χ3v) is 8.71. The predicted molar refractivity (Wildman–Crippen MR) is 135 cm³/mol. The van der Waals surface area contributed by atoms with Crippen molar-refractivity contribution < 1.29 is 17.9 Å². The fourth-order valence-corrected chi connectivity index (χ4v) is 6.10. The largest absolute Gasteiger partial charge is 0.496 e. The molecule has 0 radical (unpaired) electrons. The Balaban J connectivity index is 1.85. The van der Waals surface area contributed by atoms with Crippen LogP contribution < -0.4 is 10.1 Å². The number of methoxy groups -OCH3 is 1. The zero-order chi connectivity index (χ0) is 25.2. The van der Waals surface area contributed by atoms with Gasteiger partial charge < -0.3 is 15.0 Å². The number of rotatable bonds is 7. The van der Waals surface area contributed by atoms with Gasteiger partial charge in [0.2, 0.25) is 10.0 Å². The van der Waals surface area contributed by atoms with Crippen LogP contribution in [0, 0.1) is 6.92 Å². The highest BCUT2D eigenvalue weighted by Gasteiger charge is 2.30. The molecule has 0 spiro atoms. The molecule has 3 rings (SSSR count). The van der Waals surface area contributed by atoms with Crippen molar-refractivity contribution in [2.75, 3.05) is 40.3 Å². The predicted octanol–water partition coefficient (Wildman–Crippen LogP) is 4.21. The second-order valence-corrected chi connectivity index (χ2v) is 11.5. The molecule has 1 aliphatic heterocycles. The van der Waals surface area contributed by atoms with E-state index in [1.165, 1.54) is 16.4 Å². The second-order valence-electron chi connectivity index (χ2n) is 9.15. The number of halogens is 1. The highest BCUT2D eigenvalue weighted by Crippen LogP contribution is 2.32. The summed E-state index contributed by atoms with van der Waals surface area (Å²) in [6.07, 6.45) is 0. The van der Waals surface area contributed by atoms with Crippen molar-refractivity contribution in [3.8, 4) is 5.75 Å². The molecule has 186 valence electrons. The molecule has 1 heterocycles. The lowest BCUT2D eigenvalue weighted by Gasteiger charge is -2.31. The molecule has 1 fully saturated rings. The fraction of sp³-hybridized carbons (Fsp3) is 0.480. The average Bonchev–Trinajstić information content (AvgIpc) is 2.78. The summed E-state index contributed by atoms with van der Waals surface area (Å²) < 4.78 is 33.4. The molecule has 34 heavy (non-hydrogen) atoms. The van der Waals surface area contributed by atoms with Gasteiger partial charge in [0, 0.05) is 31.7 Å². The summed E-state index contributed by atoms with van der Waals surface area (Å²) >= 11 is 6.27. The third kappa shape index (κ3) is 5.57. The van der Waals surface area contributed by atoms with Crippen LogP contribution in [-0.2, 0) is 10.0 Å². The number of hydrogen-bond donors (Lipinski definition) is 1. The Kier molecular flexibility index (Phi) is 8.29. The van der Waals surface area contributed by atoms with Gasteiger partial charge in [0.05, 0.1) is 18.2 Å². The molecular weight excluding hydrogens is 474 g/mol. The normalized spacial score (nSPS) is 16.5. The summed E-state index contributed by atoms with van der Waals surface area (Å²) in [6.45, 7) is 10.1. The molecule has 1 aliphatic rings. The number of piperazine rings is 1. The van der Waals surface area contributed by atoms with Crippen molar-refractivity contribution in [2.45, 2.75) is 44.6 Å². The highest BCUT2D eigenvalue weighted by molar-refractivity contribution is 7.89. The molecule has 2 aromatic carbocycles. The van der Waals surface area contributed by atoms with E-state index in [2.05, 4.69) is 30.1 Å². The van der Waals surface area contributed by atoms with Crippen LogP contribution in [0.15, 0.2) is 35.2 Å². The number of likely N-dealkylation sites (N-methyl/N-ethyl adjacent to an activating group) is 1. The average molecular weight is 508 g/mol. The van der Waals surface area contributed by atoms with E-state index < -0.39 is 10.0 Å².